The number of hydrogen-bond donors (Lipinski definition) is 1. The van der Waals surface area contributed by atoms with Gasteiger partial charge in [-0.15, -0.1) is 0 Å². The quantitative estimate of drug-likeness (QED) is 0.611. The van der Waals surface area contributed by atoms with Crippen molar-refractivity contribution in [3.63, 3.8) is 0 Å². The summed E-state index contributed by atoms with van der Waals surface area (Å²) in [5, 5.41) is 19.9. The summed E-state index contributed by atoms with van der Waals surface area (Å²) in [4.78, 5) is 0. The fraction of sp³-hybridized carbons (Fsp3) is 0.111. The summed E-state index contributed by atoms with van der Waals surface area (Å²) in [7, 11) is 0. The Hall–Kier alpha value is -1.44. The van der Waals surface area contributed by atoms with Crippen LogP contribution in [-0.4, -0.2) is 5.11 Å². The van der Waals surface area contributed by atoms with Crippen molar-refractivity contribution in [2.24, 2.45) is 0 Å². The zero-order valence-corrected chi connectivity index (χ0v) is 6.24. The fourth-order valence-corrected chi connectivity index (χ4v) is 0.798. The molecule has 0 aromatic heterocycles. The zero-order chi connectivity index (χ0) is 8.27. The molecule has 0 amide bonds. The molecule has 2 nitrogen and oxygen atoms in total. The van der Waals surface area contributed by atoms with Gasteiger partial charge in [0.2, 0.25) is 0 Å². The summed E-state index contributed by atoms with van der Waals surface area (Å²) >= 11 is 0. The summed E-state index contributed by atoms with van der Waals surface area (Å²) in [6, 6.07) is 8.68. The minimum absolute atomic E-state index is 0.170. The second-order valence-corrected chi connectivity index (χ2v) is 2.28. The van der Waals surface area contributed by atoms with E-state index in [-0.39, 0.29) is 11.5 Å². The molecule has 0 atom stereocenters. The van der Waals surface area contributed by atoms with Gasteiger partial charge in [-0.05, 0) is 12.5 Å². The molecule has 0 aliphatic rings. The summed E-state index contributed by atoms with van der Waals surface area (Å²) in [6.45, 7) is 1.38. The van der Waals surface area contributed by atoms with E-state index in [2.05, 4.69) is 0 Å². The molecule has 0 heterocycles. The Labute approximate surface area is 65.4 Å². The minimum atomic E-state index is -0.314. The third-order valence-corrected chi connectivity index (χ3v) is 1.36. The van der Waals surface area contributed by atoms with Gasteiger partial charge in [0.15, 0.2) is 0 Å². The van der Waals surface area contributed by atoms with Crippen molar-refractivity contribution >= 4 is 5.76 Å². The van der Waals surface area contributed by atoms with Gasteiger partial charge in [-0.2, -0.15) is 0 Å². The highest BCUT2D eigenvalue weighted by Crippen LogP contribution is 2.09. The maximum atomic E-state index is 11.1. The Morgan fingerprint density at radius 1 is 1.27 bits per heavy atom. The Bertz CT molecular complexity index is 258. The average molecular weight is 149 g/mol. The molecule has 2 heteroatoms. The van der Waals surface area contributed by atoms with E-state index in [0.29, 0.717) is 5.56 Å². The van der Waals surface area contributed by atoms with Gasteiger partial charge in [-0.1, -0.05) is 36.1 Å². The molecular weight excluding hydrogens is 140 g/mol. The van der Waals surface area contributed by atoms with Crippen LogP contribution in [0.4, 0.5) is 0 Å². The van der Waals surface area contributed by atoms with Crippen LogP contribution < -0.4 is 5.11 Å². The number of aliphatic hydroxyl groups excluding tert-OH is 1. The fourth-order valence-electron chi connectivity index (χ4n) is 0.798. The van der Waals surface area contributed by atoms with Crippen LogP contribution in [0.2, 0.25) is 0 Å². The number of rotatable bonds is 1. The first-order valence-corrected chi connectivity index (χ1v) is 3.34. The largest absolute Gasteiger partial charge is 0.870 e. The summed E-state index contributed by atoms with van der Waals surface area (Å²) in [5.41, 5.74) is 0.521. The van der Waals surface area contributed by atoms with E-state index < -0.39 is 0 Å². The lowest BCUT2D eigenvalue weighted by atomic mass is 10.2. The highest BCUT2D eigenvalue weighted by molar-refractivity contribution is 5.57. The zero-order valence-electron chi connectivity index (χ0n) is 6.24. The molecule has 58 valence electrons. The summed E-state index contributed by atoms with van der Waals surface area (Å²) in [5.74, 6) is -0.484. The van der Waals surface area contributed by atoms with Crippen LogP contribution in [-0.2, 0) is 0 Å². The molecule has 0 spiro atoms. The number of hydrogen-bond acceptors (Lipinski definition) is 2. The van der Waals surface area contributed by atoms with Crippen molar-refractivity contribution in [3.05, 3.63) is 41.7 Å². The molecule has 0 saturated carbocycles. The van der Waals surface area contributed by atoms with Crippen molar-refractivity contribution < 1.29 is 10.2 Å². The minimum Gasteiger partial charge on any atom is -0.870 e. The Morgan fingerprint density at radius 3 is 2.27 bits per heavy atom. The van der Waals surface area contributed by atoms with Crippen molar-refractivity contribution in [1.29, 1.82) is 0 Å². The molecule has 1 N–H and O–H groups in total. The average Bonchev–Trinajstić information content (AvgIpc) is 2.05. The van der Waals surface area contributed by atoms with E-state index >= 15 is 0 Å². The van der Waals surface area contributed by atoms with E-state index in [1.807, 2.05) is 6.07 Å². The first kappa shape index (κ1) is 7.66. The molecule has 1 aromatic carbocycles. The molecular formula is C9H9O2-. The van der Waals surface area contributed by atoms with E-state index in [1.54, 1.807) is 24.3 Å². The highest BCUT2D eigenvalue weighted by Gasteiger charge is 1.90. The molecule has 1 aromatic rings. The van der Waals surface area contributed by atoms with Crippen LogP contribution >= 0.6 is 0 Å². The molecule has 0 aliphatic heterocycles. The van der Waals surface area contributed by atoms with Gasteiger partial charge in [0.25, 0.3) is 0 Å². The number of allylic oxidation sites excluding steroid dienone is 1. The second kappa shape index (κ2) is 3.10. The molecule has 0 radical (unpaired) electrons. The predicted molar refractivity (Wildman–Crippen MR) is 41.7 cm³/mol. The van der Waals surface area contributed by atoms with E-state index in [9.17, 15) is 5.11 Å². The van der Waals surface area contributed by atoms with Crippen molar-refractivity contribution in [2.45, 2.75) is 6.92 Å². The Balaban J connectivity index is 3.04. The molecule has 0 saturated heterocycles. The van der Waals surface area contributed by atoms with Gasteiger partial charge in [0, 0.05) is 0 Å². The van der Waals surface area contributed by atoms with Crippen LogP contribution in [0.3, 0.4) is 0 Å². The first-order chi connectivity index (χ1) is 5.22. The maximum Gasteiger partial charge on any atom is 0.0819 e. The monoisotopic (exact) mass is 149 g/mol. The second-order valence-electron chi connectivity index (χ2n) is 2.28. The van der Waals surface area contributed by atoms with Gasteiger partial charge in [0.05, 0.1) is 5.76 Å². The lowest BCUT2D eigenvalue weighted by Gasteiger charge is -2.12. The molecule has 0 fully saturated rings. The lowest BCUT2D eigenvalue weighted by Crippen LogP contribution is -2.04. The van der Waals surface area contributed by atoms with Crippen LogP contribution in [0.5, 0.6) is 0 Å². The smallest absolute Gasteiger partial charge is 0.0819 e. The number of benzene rings is 1. The van der Waals surface area contributed by atoms with Gasteiger partial charge >= 0.3 is 0 Å². The standard InChI is InChI=1S/C9H10O2/c1-7(10)9(11)8-5-3-2-4-6-8/h2-6,10-11H,1H3/p-1/b9-7-. The SMILES string of the molecule is C/C(O)=C(/[O-])c1ccccc1. The Morgan fingerprint density at radius 2 is 1.82 bits per heavy atom. The lowest BCUT2D eigenvalue weighted by molar-refractivity contribution is -0.247. The van der Waals surface area contributed by atoms with Crippen molar-refractivity contribution in [3.8, 4) is 0 Å². The van der Waals surface area contributed by atoms with Crippen LogP contribution in [0.15, 0.2) is 36.1 Å². The highest BCUT2D eigenvalue weighted by atomic mass is 16.3. The third kappa shape index (κ3) is 1.74. The molecule has 0 aliphatic carbocycles. The van der Waals surface area contributed by atoms with Crippen molar-refractivity contribution in [2.75, 3.05) is 0 Å². The van der Waals surface area contributed by atoms with E-state index in [4.69, 9.17) is 5.11 Å². The maximum absolute atomic E-state index is 11.1. The Kier molecular flexibility index (Phi) is 2.16. The first-order valence-electron chi connectivity index (χ1n) is 3.34. The van der Waals surface area contributed by atoms with Crippen LogP contribution in [0, 0.1) is 0 Å². The molecule has 0 unspecified atom stereocenters. The van der Waals surface area contributed by atoms with Crippen LogP contribution in [0.25, 0.3) is 5.76 Å². The van der Waals surface area contributed by atoms with Crippen LogP contribution in [0.1, 0.15) is 12.5 Å². The van der Waals surface area contributed by atoms with Gasteiger partial charge in [-0.3, -0.25) is 0 Å². The topological polar surface area (TPSA) is 43.3 Å². The van der Waals surface area contributed by atoms with Gasteiger partial charge in [-0.25, -0.2) is 0 Å². The van der Waals surface area contributed by atoms with E-state index in [1.165, 1.54) is 6.92 Å². The van der Waals surface area contributed by atoms with Crippen molar-refractivity contribution in [1.82, 2.24) is 0 Å². The molecule has 1 rings (SSSR count). The molecule has 0 bridgehead atoms. The normalized spacial score (nSPS) is 12.5. The number of aliphatic hydroxyl groups is 1. The predicted octanol–water partition coefficient (Wildman–Crippen LogP) is 1.29. The summed E-state index contributed by atoms with van der Waals surface area (Å²) in [6.07, 6.45) is 0. The van der Waals surface area contributed by atoms with Gasteiger partial charge < -0.3 is 10.2 Å². The third-order valence-electron chi connectivity index (χ3n) is 1.36. The van der Waals surface area contributed by atoms with Gasteiger partial charge in [0.1, 0.15) is 0 Å². The summed E-state index contributed by atoms with van der Waals surface area (Å²) < 4.78 is 0. The molecule has 11 heavy (non-hydrogen) atoms. The van der Waals surface area contributed by atoms with E-state index in [0.717, 1.165) is 0 Å².